The largest absolute Gasteiger partial charge is 0.493 e. The van der Waals surface area contributed by atoms with Crippen LogP contribution in [0, 0.1) is 11.5 Å². The molecule has 2 aromatic carbocycles. The Hall–Kier alpha value is -5.83. The van der Waals surface area contributed by atoms with Gasteiger partial charge in [-0.05, 0) is 48.0 Å². The molecular weight excluding hydrogens is 564 g/mol. The molecule has 1 aliphatic carbocycles. The zero-order valence-electron chi connectivity index (χ0n) is 24.5. The highest BCUT2D eigenvalue weighted by Gasteiger charge is 2.34. The van der Waals surface area contributed by atoms with Crippen molar-refractivity contribution in [3.05, 3.63) is 102 Å². The summed E-state index contributed by atoms with van der Waals surface area (Å²) in [6.45, 7) is 2.24. The third-order valence-corrected chi connectivity index (χ3v) is 6.91. The van der Waals surface area contributed by atoms with Crippen LogP contribution in [0.4, 0.5) is 0 Å². The van der Waals surface area contributed by atoms with Crippen molar-refractivity contribution in [2.75, 3.05) is 33.9 Å². The van der Waals surface area contributed by atoms with Crippen molar-refractivity contribution in [3.8, 4) is 28.9 Å². The Bertz CT molecular complexity index is 1730. The third-order valence-electron chi connectivity index (χ3n) is 6.91. The van der Waals surface area contributed by atoms with Crippen LogP contribution in [0.2, 0.25) is 0 Å². The predicted molar refractivity (Wildman–Crippen MR) is 161 cm³/mol. The number of nitrogens with zero attached hydrogens (tertiary/aromatic N) is 6. The number of benzene rings is 3. The number of piperazine rings is 1. The molecule has 2 aromatic rings. The second-order valence-corrected chi connectivity index (χ2v) is 9.65. The summed E-state index contributed by atoms with van der Waals surface area (Å²) in [5.74, 6) is 0.279. The van der Waals surface area contributed by atoms with Crippen LogP contribution in [0.5, 0.6) is 11.5 Å². The summed E-state index contributed by atoms with van der Waals surface area (Å²) >= 11 is 0. The Morgan fingerprint density at radius 1 is 0.955 bits per heavy atom. The Labute approximate surface area is 254 Å². The molecule has 0 aromatic heterocycles. The van der Waals surface area contributed by atoms with E-state index in [1.54, 1.807) is 49.6 Å². The summed E-state index contributed by atoms with van der Waals surface area (Å²) in [6.07, 6.45) is 3.41. The van der Waals surface area contributed by atoms with E-state index in [-0.39, 0.29) is 17.9 Å². The molecule has 12 heteroatoms. The fraction of sp³-hybridized carbons (Fsp3) is 0.219. The number of hydrogen-bond acceptors (Lipinski definition) is 7. The van der Waals surface area contributed by atoms with Gasteiger partial charge in [-0.25, -0.2) is 4.99 Å². The average molecular weight is 597 g/mol. The number of hydrogen-bond donors (Lipinski definition) is 2. The van der Waals surface area contributed by atoms with E-state index in [2.05, 4.69) is 4.99 Å². The number of carbonyl (C=O) groups excluding carboxylic acids is 1. The number of guanidine groups is 1. The van der Waals surface area contributed by atoms with E-state index in [0.717, 1.165) is 17.2 Å². The SMILES string of the molecule is CC(=O)O.COc1ccc(C(=O)N2CCN(C(=NC#N)N=c3cccc4n(O)cccc3-4)CC2c2ccccc2)cc1OC. The summed E-state index contributed by atoms with van der Waals surface area (Å²) in [7, 11) is 3.09. The van der Waals surface area contributed by atoms with Gasteiger partial charge < -0.3 is 29.6 Å². The Kier molecular flexibility index (Phi) is 10.2. The Morgan fingerprint density at radius 3 is 2.36 bits per heavy atom. The highest BCUT2D eigenvalue weighted by atomic mass is 16.5. The molecule has 0 spiro atoms. The van der Waals surface area contributed by atoms with Crippen molar-refractivity contribution in [3.63, 3.8) is 0 Å². The second kappa shape index (κ2) is 14.4. The van der Waals surface area contributed by atoms with Gasteiger partial charge in [0.1, 0.15) is 0 Å². The molecule has 5 rings (SSSR count). The van der Waals surface area contributed by atoms with Crippen molar-refractivity contribution >= 4 is 17.8 Å². The van der Waals surface area contributed by atoms with E-state index in [9.17, 15) is 15.3 Å². The molecule has 2 N–H and O–H groups in total. The van der Waals surface area contributed by atoms with Gasteiger partial charge in [-0.3, -0.25) is 9.59 Å². The maximum Gasteiger partial charge on any atom is 0.300 e. The number of aromatic nitrogens is 1. The van der Waals surface area contributed by atoms with Gasteiger partial charge in [0.2, 0.25) is 12.2 Å². The lowest BCUT2D eigenvalue weighted by Crippen LogP contribution is -2.52. The van der Waals surface area contributed by atoms with Crippen molar-refractivity contribution in [2.24, 2.45) is 9.98 Å². The number of ether oxygens (including phenoxy) is 2. The first-order chi connectivity index (χ1) is 21.3. The number of carbonyl (C=O) groups is 2. The van der Waals surface area contributed by atoms with E-state index >= 15 is 0 Å². The van der Waals surface area contributed by atoms with Gasteiger partial charge >= 0.3 is 0 Å². The fourth-order valence-corrected chi connectivity index (χ4v) is 4.93. The highest BCUT2D eigenvalue weighted by molar-refractivity contribution is 5.95. The number of aliphatic carboxylic acids is 1. The van der Waals surface area contributed by atoms with Gasteiger partial charge in [-0.1, -0.05) is 36.4 Å². The van der Waals surface area contributed by atoms with Crippen LogP contribution in [0.3, 0.4) is 0 Å². The second-order valence-electron chi connectivity index (χ2n) is 9.65. The first-order valence-electron chi connectivity index (χ1n) is 13.6. The molecule has 1 atom stereocenters. The highest BCUT2D eigenvalue weighted by Crippen LogP contribution is 2.31. The maximum atomic E-state index is 13.8. The summed E-state index contributed by atoms with van der Waals surface area (Å²) in [5, 5.41) is 27.7. The summed E-state index contributed by atoms with van der Waals surface area (Å²) in [6, 6.07) is 23.5. The Balaban J connectivity index is 0.00000104. The van der Waals surface area contributed by atoms with Crippen molar-refractivity contribution < 1.29 is 29.4 Å². The molecule has 2 heterocycles. The van der Waals surface area contributed by atoms with Crippen molar-refractivity contribution in [1.82, 2.24) is 14.5 Å². The Morgan fingerprint density at radius 2 is 1.68 bits per heavy atom. The van der Waals surface area contributed by atoms with E-state index in [0.29, 0.717) is 53.3 Å². The number of fused-ring (bicyclic) bond motifs is 1. The monoisotopic (exact) mass is 596 g/mol. The lowest BCUT2D eigenvalue weighted by Gasteiger charge is -2.42. The van der Waals surface area contributed by atoms with E-state index in [1.165, 1.54) is 13.3 Å². The number of aliphatic imine (C=N–C) groups is 1. The van der Waals surface area contributed by atoms with E-state index < -0.39 is 5.97 Å². The number of pyridine rings is 1. The number of nitriles is 1. The number of carboxylic acids is 1. The number of methoxy groups -OCH3 is 2. The molecule has 2 aliphatic heterocycles. The van der Waals surface area contributed by atoms with Crippen LogP contribution in [-0.2, 0) is 4.79 Å². The van der Waals surface area contributed by atoms with Gasteiger partial charge in [0.05, 0.1) is 31.3 Å². The maximum absolute atomic E-state index is 13.8. The topological polar surface area (TPSA) is 153 Å². The first kappa shape index (κ1) is 31.1. The standard InChI is InChI=1S/C30H28N6O4.C2H4O2/c1-39-27-14-13-22(18-28(27)40-2)29(37)35-17-16-34(19-26(35)21-8-4-3-5-9-21)30(32-20-31)33-24-11-6-12-25-23(24)10-7-15-36(25)38;1-2(3)4/h3-15,18,26,38H,16-17,19H2,1-2H3;1H3,(H,3,4). The van der Waals surface area contributed by atoms with Crippen LogP contribution < -0.4 is 14.8 Å². The van der Waals surface area contributed by atoms with Crippen LogP contribution in [0.25, 0.3) is 11.3 Å². The molecule has 0 saturated carbocycles. The van der Waals surface area contributed by atoms with E-state index in [1.807, 2.05) is 52.4 Å². The van der Waals surface area contributed by atoms with Crippen LogP contribution in [-0.4, -0.2) is 76.5 Å². The molecule has 1 saturated heterocycles. The molecular formula is C32H32N6O6. The molecule has 1 fully saturated rings. The number of amides is 1. The van der Waals surface area contributed by atoms with Crippen LogP contribution in [0.15, 0.2) is 95.0 Å². The number of rotatable bonds is 4. The van der Waals surface area contributed by atoms with Gasteiger partial charge in [0, 0.05) is 43.9 Å². The lowest BCUT2D eigenvalue weighted by atomic mass is 10.0. The average Bonchev–Trinajstić information content (AvgIpc) is 3.04. The lowest BCUT2D eigenvalue weighted by molar-refractivity contribution is -0.134. The minimum atomic E-state index is -0.833. The minimum Gasteiger partial charge on any atom is -0.493 e. The van der Waals surface area contributed by atoms with Crippen molar-refractivity contribution in [2.45, 2.75) is 13.0 Å². The quantitative estimate of drug-likeness (QED) is 0.156. The van der Waals surface area contributed by atoms with Crippen LogP contribution >= 0.6 is 0 Å². The fourth-order valence-electron chi connectivity index (χ4n) is 4.93. The molecule has 1 unspecified atom stereocenters. The molecule has 44 heavy (non-hydrogen) atoms. The minimum absolute atomic E-state index is 0.147. The predicted octanol–water partition coefficient (Wildman–Crippen LogP) is 3.88. The van der Waals surface area contributed by atoms with Gasteiger partial charge in [-0.2, -0.15) is 9.99 Å². The molecule has 12 nitrogen and oxygen atoms in total. The molecule has 0 radical (unpaired) electrons. The molecule has 226 valence electrons. The van der Waals surface area contributed by atoms with E-state index in [4.69, 9.17) is 24.4 Å². The number of carboxylic acid groups (broad SMARTS) is 1. The van der Waals surface area contributed by atoms with Gasteiger partial charge in [-0.15, -0.1) is 4.99 Å². The zero-order chi connectivity index (χ0) is 31.6. The van der Waals surface area contributed by atoms with Gasteiger partial charge in [0.25, 0.3) is 11.9 Å². The summed E-state index contributed by atoms with van der Waals surface area (Å²) < 4.78 is 11.8. The molecule has 0 bridgehead atoms. The third kappa shape index (κ3) is 7.14. The van der Waals surface area contributed by atoms with Gasteiger partial charge in [0.15, 0.2) is 11.5 Å². The molecule has 1 amide bonds. The molecule has 3 aliphatic rings. The normalized spacial score (nSPS) is 15.2. The summed E-state index contributed by atoms with van der Waals surface area (Å²) in [4.78, 5) is 35.3. The van der Waals surface area contributed by atoms with Crippen molar-refractivity contribution in [1.29, 1.82) is 5.26 Å². The zero-order valence-corrected chi connectivity index (χ0v) is 24.5. The summed E-state index contributed by atoms with van der Waals surface area (Å²) in [5.41, 5.74) is 2.71. The van der Waals surface area contributed by atoms with Crippen LogP contribution in [0.1, 0.15) is 28.9 Å². The smallest absolute Gasteiger partial charge is 0.300 e. The first-order valence-corrected chi connectivity index (χ1v) is 13.6.